The first-order chi connectivity index (χ1) is 4.25. The van der Waals surface area contributed by atoms with E-state index in [-0.39, 0.29) is 17.0 Å². The molecule has 0 aliphatic carbocycles. The molecule has 3 N–H and O–H groups in total. The quantitative estimate of drug-likeness (QED) is 0.659. The highest BCUT2D eigenvalue weighted by Crippen LogP contribution is 2.02. The maximum absolute atomic E-state index is 8.82. The highest BCUT2D eigenvalue weighted by atomic mass is 79.9. The Labute approximate surface area is 69.4 Å². The molecule has 0 aliphatic rings. The third-order valence-corrected chi connectivity index (χ3v) is 1.31. The molecule has 1 rings (SSSR count). The number of nitrogens with zero attached hydrogens (tertiary/aromatic N) is 2. The molecule has 0 unspecified atom stereocenters. The van der Waals surface area contributed by atoms with Gasteiger partial charge in [0.15, 0.2) is 0 Å². The van der Waals surface area contributed by atoms with Crippen molar-refractivity contribution in [2.75, 3.05) is 0 Å². The lowest BCUT2D eigenvalue weighted by atomic mass is 10.3. The third kappa shape index (κ3) is 1.48. The van der Waals surface area contributed by atoms with E-state index in [2.05, 4.69) is 5.10 Å². The Balaban J connectivity index is 0.000000810. The molecule has 5 heteroatoms. The lowest BCUT2D eigenvalue weighted by molar-refractivity contribution is 0.142. The van der Waals surface area contributed by atoms with Gasteiger partial charge in [-0.2, -0.15) is 0 Å². The Bertz CT molecular complexity index is 211. The molecule has 0 saturated carbocycles. The first-order valence-electron chi connectivity index (χ1n) is 2.68. The summed E-state index contributed by atoms with van der Waals surface area (Å²) in [6, 6.07) is 0. The zero-order chi connectivity index (χ0) is 6.85. The van der Waals surface area contributed by atoms with E-state index in [1.807, 2.05) is 0 Å². The topological polar surface area (TPSA) is 64.1 Å². The van der Waals surface area contributed by atoms with Crippen LogP contribution in [0.25, 0.3) is 0 Å². The molecule has 0 aliphatic heterocycles. The molecule has 1 heterocycles. The molecular formula is C5H10BrN3O. The van der Waals surface area contributed by atoms with Gasteiger partial charge in [-0.1, -0.05) is 0 Å². The van der Waals surface area contributed by atoms with Crippen molar-refractivity contribution in [1.82, 2.24) is 9.94 Å². The Hall–Kier alpha value is -0.550. The van der Waals surface area contributed by atoms with E-state index in [1.165, 1.54) is 0 Å². The van der Waals surface area contributed by atoms with Crippen LogP contribution in [0.1, 0.15) is 11.3 Å². The average molecular weight is 208 g/mol. The van der Waals surface area contributed by atoms with Gasteiger partial charge in [0, 0.05) is 12.1 Å². The van der Waals surface area contributed by atoms with Crippen molar-refractivity contribution in [3.05, 3.63) is 17.5 Å². The van der Waals surface area contributed by atoms with Crippen molar-refractivity contribution in [2.24, 2.45) is 5.73 Å². The maximum Gasteiger partial charge on any atom is 0.0812 e. The van der Waals surface area contributed by atoms with E-state index in [0.717, 1.165) is 10.4 Å². The number of hydrogen-bond acceptors (Lipinski definition) is 3. The van der Waals surface area contributed by atoms with E-state index in [4.69, 9.17) is 10.9 Å². The molecule has 58 valence electrons. The zero-order valence-electron chi connectivity index (χ0n) is 5.61. The van der Waals surface area contributed by atoms with Crippen molar-refractivity contribution in [3.63, 3.8) is 0 Å². The Morgan fingerprint density at radius 3 is 2.60 bits per heavy atom. The minimum absolute atomic E-state index is 0. The average Bonchev–Trinajstić information content (AvgIpc) is 2.15. The van der Waals surface area contributed by atoms with E-state index in [1.54, 1.807) is 13.1 Å². The second kappa shape index (κ2) is 3.58. The molecule has 0 spiro atoms. The Kier molecular flexibility index (Phi) is 3.38. The van der Waals surface area contributed by atoms with E-state index in [0.29, 0.717) is 12.2 Å². The minimum atomic E-state index is 0. The van der Waals surface area contributed by atoms with Gasteiger partial charge < -0.3 is 10.9 Å². The molecule has 1 aromatic rings. The molecule has 0 fully saturated rings. The molecule has 0 saturated heterocycles. The smallest absolute Gasteiger partial charge is 0.0812 e. The summed E-state index contributed by atoms with van der Waals surface area (Å²) in [5.74, 6) is 0. The van der Waals surface area contributed by atoms with Crippen molar-refractivity contribution >= 4 is 17.0 Å². The van der Waals surface area contributed by atoms with Gasteiger partial charge in [-0.25, -0.2) is 0 Å². The fourth-order valence-electron chi connectivity index (χ4n) is 0.633. The molecular weight excluding hydrogens is 198 g/mol. The van der Waals surface area contributed by atoms with Gasteiger partial charge >= 0.3 is 0 Å². The first kappa shape index (κ1) is 9.45. The van der Waals surface area contributed by atoms with Crippen LogP contribution in [0.4, 0.5) is 0 Å². The predicted octanol–water partition coefficient (Wildman–Crippen LogP) is 0.465. The zero-order valence-corrected chi connectivity index (χ0v) is 7.32. The molecule has 1 aromatic heterocycles. The molecule has 0 aromatic carbocycles. The van der Waals surface area contributed by atoms with Crippen LogP contribution in [-0.2, 0) is 6.54 Å². The van der Waals surface area contributed by atoms with E-state index < -0.39 is 0 Å². The van der Waals surface area contributed by atoms with Crippen LogP contribution in [0.3, 0.4) is 0 Å². The Morgan fingerprint density at radius 2 is 2.40 bits per heavy atom. The maximum atomic E-state index is 8.82. The van der Waals surface area contributed by atoms with Crippen LogP contribution in [0.2, 0.25) is 0 Å². The monoisotopic (exact) mass is 207 g/mol. The number of rotatable bonds is 1. The summed E-state index contributed by atoms with van der Waals surface area (Å²) in [4.78, 5) is 0.822. The highest BCUT2D eigenvalue weighted by molar-refractivity contribution is 8.93. The fraction of sp³-hybridized carbons (Fsp3) is 0.400. The number of aromatic nitrogens is 2. The molecule has 0 radical (unpaired) electrons. The number of nitrogens with two attached hydrogens (primary N) is 1. The van der Waals surface area contributed by atoms with Gasteiger partial charge in [-0.15, -0.1) is 26.9 Å². The molecule has 4 nitrogen and oxygen atoms in total. The standard InChI is InChI=1S/C5H9N3O.BrH/c1-4-5(2-6)3-7-8(4)9;/h3,9H,2,6H2,1H3;1H. The van der Waals surface area contributed by atoms with Gasteiger partial charge in [0.1, 0.15) is 0 Å². The highest BCUT2D eigenvalue weighted by Gasteiger charge is 2.00. The van der Waals surface area contributed by atoms with Gasteiger partial charge in [0.05, 0.1) is 11.9 Å². The van der Waals surface area contributed by atoms with Gasteiger partial charge in [-0.05, 0) is 6.92 Å². The van der Waals surface area contributed by atoms with Crippen LogP contribution in [0.5, 0.6) is 0 Å². The van der Waals surface area contributed by atoms with Gasteiger partial charge in [0.25, 0.3) is 0 Å². The lowest BCUT2D eigenvalue weighted by Crippen LogP contribution is -1.99. The normalized spacial score (nSPS) is 9.00. The second-order valence-corrected chi connectivity index (χ2v) is 1.85. The minimum Gasteiger partial charge on any atom is -0.411 e. The van der Waals surface area contributed by atoms with Crippen molar-refractivity contribution in [1.29, 1.82) is 0 Å². The Morgan fingerprint density at radius 1 is 1.80 bits per heavy atom. The summed E-state index contributed by atoms with van der Waals surface area (Å²) in [7, 11) is 0. The number of hydrogen-bond donors (Lipinski definition) is 2. The summed E-state index contributed by atoms with van der Waals surface area (Å²) in [5.41, 5.74) is 6.88. The summed E-state index contributed by atoms with van der Waals surface area (Å²) < 4.78 is 0. The first-order valence-corrected chi connectivity index (χ1v) is 2.68. The van der Waals surface area contributed by atoms with Gasteiger partial charge in [-0.3, -0.25) is 0 Å². The van der Waals surface area contributed by atoms with Gasteiger partial charge in [0.2, 0.25) is 0 Å². The molecule has 0 atom stereocenters. The van der Waals surface area contributed by atoms with Crippen molar-refractivity contribution in [2.45, 2.75) is 13.5 Å². The summed E-state index contributed by atoms with van der Waals surface area (Å²) in [6.07, 6.45) is 1.55. The number of halogens is 1. The molecule has 10 heavy (non-hydrogen) atoms. The predicted molar refractivity (Wildman–Crippen MR) is 42.4 cm³/mol. The lowest BCUT2D eigenvalue weighted by Gasteiger charge is -1.92. The third-order valence-electron chi connectivity index (χ3n) is 1.31. The largest absolute Gasteiger partial charge is 0.411 e. The SMILES string of the molecule is Br.Cc1c(CN)cnn1O. The summed E-state index contributed by atoms with van der Waals surface area (Å²) in [5, 5.41) is 12.4. The van der Waals surface area contributed by atoms with Crippen LogP contribution in [0.15, 0.2) is 6.20 Å². The second-order valence-electron chi connectivity index (χ2n) is 1.85. The summed E-state index contributed by atoms with van der Waals surface area (Å²) >= 11 is 0. The molecule has 0 amide bonds. The van der Waals surface area contributed by atoms with Crippen LogP contribution in [-0.4, -0.2) is 15.2 Å². The van der Waals surface area contributed by atoms with Crippen molar-refractivity contribution < 1.29 is 5.21 Å². The van der Waals surface area contributed by atoms with Crippen LogP contribution in [0, 0.1) is 6.92 Å². The fourth-order valence-corrected chi connectivity index (χ4v) is 0.633. The van der Waals surface area contributed by atoms with Crippen LogP contribution < -0.4 is 5.73 Å². The molecule has 0 bridgehead atoms. The van der Waals surface area contributed by atoms with Crippen LogP contribution >= 0.6 is 17.0 Å². The van der Waals surface area contributed by atoms with E-state index >= 15 is 0 Å². The van der Waals surface area contributed by atoms with Crippen molar-refractivity contribution in [3.8, 4) is 0 Å². The van der Waals surface area contributed by atoms with E-state index in [9.17, 15) is 0 Å². The summed E-state index contributed by atoms with van der Waals surface area (Å²) in [6.45, 7) is 2.18.